The van der Waals surface area contributed by atoms with E-state index in [1.807, 2.05) is 4.98 Å². The van der Waals surface area contributed by atoms with Crippen LogP contribution in [0, 0.1) is 12.3 Å². The van der Waals surface area contributed by atoms with E-state index in [0.717, 1.165) is 12.3 Å². The number of nitrogens with one attached hydrogen (secondary N) is 1. The van der Waals surface area contributed by atoms with Gasteiger partial charge in [0.05, 0.1) is 13.2 Å². The van der Waals surface area contributed by atoms with E-state index in [2.05, 4.69) is 19.3 Å². The van der Waals surface area contributed by atoms with E-state index in [9.17, 15) is 54.0 Å². The number of aromatic nitrogens is 2. The molecule has 41 heavy (non-hydrogen) atoms. The number of ether oxygens (including phenoxy) is 3. The molecule has 23 heteroatoms. The van der Waals surface area contributed by atoms with Crippen LogP contribution in [-0.4, -0.2) is 104 Å². The Morgan fingerprint density at radius 2 is 1.56 bits per heavy atom. The monoisotopic (exact) mass is 648 g/mol. The minimum Gasteiger partial charge on any atom is -0.756 e. The number of aliphatic hydroxyl groups excluding tert-OH is 5. The first-order chi connectivity index (χ1) is 18.2. The summed E-state index contributed by atoms with van der Waals surface area (Å²) >= 11 is 0. The SMILES string of the molecule is C#CCOC[C@H]1OC(OP(=O)([O-])OP(=O)([O-])OC[C@H]2O[C@@H](n3ccc(=O)[nH]c3=O)[C@H](O)[C@@H]2O)[C@H](O)[C@@H](O)[C@H]1O.[Na+].[Na+]. The van der Waals surface area contributed by atoms with Gasteiger partial charge in [0.2, 0.25) is 0 Å². The molecule has 0 aliphatic carbocycles. The molecule has 0 aromatic carbocycles. The van der Waals surface area contributed by atoms with Crippen molar-refractivity contribution in [3.05, 3.63) is 33.1 Å². The molecule has 1 aromatic rings. The van der Waals surface area contributed by atoms with Crippen molar-refractivity contribution in [1.29, 1.82) is 0 Å². The molecule has 3 rings (SSSR count). The predicted octanol–water partition coefficient (Wildman–Crippen LogP) is -11.4. The van der Waals surface area contributed by atoms with E-state index in [-0.39, 0.29) is 65.7 Å². The summed E-state index contributed by atoms with van der Waals surface area (Å²) in [7, 11) is -11.7. The average molecular weight is 648 g/mol. The molecular formula is C18H24N2Na2O17P2. The number of aromatic amines is 1. The van der Waals surface area contributed by atoms with Crippen LogP contribution in [0.1, 0.15) is 6.23 Å². The van der Waals surface area contributed by atoms with Crippen LogP contribution in [0.5, 0.6) is 0 Å². The summed E-state index contributed by atoms with van der Waals surface area (Å²) in [6.45, 7) is -1.82. The molecule has 0 amide bonds. The first-order valence-electron chi connectivity index (χ1n) is 10.9. The van der Waals surface area contributed by atoms with Crippen molar-refractivity contribution < 1.29 is 131 Å². The fourth-order valence-corrected chi connectivity index (χ4v) is 5.64. The van der Waals surface area contributed by atoms with Crippen LogP contribution in [0.15, 0.2) is 21.9 Å². The summed E-state index contributed by atoms with van der Waals surface area (Å²) < 4.78 is 52.9. The number of nitrogens with zero attached hydrogens (tertiary/aromatic N) is 1. The standard InChI is InChI=1S/C18H26N2O17P2.2Na/c1-2-5-32-6-8-11(22)13(24)15(26)17(35-8)36-39(30,31)37-38(28,29)33-7-9-12(23)14(25)16(34-9)20-4-3-10(21)19-18(20)27;;/h1,3-4,8-9,11-17,22-26H,5-7H2,(H,28,29)(H,30,31)(H,19,21,27);;/q;2*+1/p-2/t8-,9-,11+,12-,13+,14-,15-,16-,17?;;/m1../s1. The molecule has 6 N–H and O–H groups in total. The Kier molecular flexibility index (Phi) is 15.8. The normalized spacial score (nSPS) is 34.3. The van der Waals surface area contributed by atoms with Crippen molar-refractivity contribution in [3.63, 3.8) is 0 Å². The zero-order valence-electron chi connectivity index (χ0n) is 21.5. The second-order valence-electron chi connectivity index (χ2n) is 8.17. The summed E-state index contributed by atoms with van der Waals surface area (Å²) in [6, 6.07) is 0.915. The molecule has 3 heterocycles. The van der Waals surface area contributed by atoms with Crippen molar-refractivity contribution in [2.24, 2.45) is 0 Å². The number of hydrogen-bond acceptors (Lipinski definition) is 17. The Balaban J connectivity index is 0.00000420. The number of phosphoric acid groups is 2. The van der Waals surface area contributed by atoms with Gasteiger partial charge in [0.1, 0.15) is 49.3 Å². The van der Waals surface area contributed by atoms with E-state index in [1.54, 1.807) is 0 Å². The second kappa shape index (κ2) is 16.5. The first-order valence-corrected chi connectivity index (χ1v) is 13.8. The Labute approximate surface area is 275 Å². The molecule has 2 aliphatic heterocycles. The van der Waals surface area contributed by atoms with Crippen molar-refractivity contribution >= 4 is 15.6 Å². The van der Waals surface area contributed by atoms with Crippen LogP contribution in [0.4, 0.5) is 0 Å². The third-order valence-electron chi connectivity index (χ3n) is 5.43. The van der Waals surface area contributed by atoms with E-state index < -0.39 is 95.4 Å². The number of rotatable bonds is 11. The molecule has 220 valence electrons. The fourth-order valence-electron chi connectivity index (χ4n) is 3.56. The van der Waals surface area contributed by atoms with Gasteiger partial charge in [-0.15, -0.1) is 6.42 Å². The van der Waals surface area contributed by atoms with Crippen molar-refractivity contribution in [2.75, 3.05) is 19.8 Å². The van der Waals surface area contributed by atoms with Gasteiger partial charge in [0, 0.05) is 12.3 Å². The molecule has 2 aliphatic rings. The van der Waals surface area contributed by atoms with Crippen molar-refractivity contribution in [2.45, 2.75) is 55.2 Å². The molecule has 0 saturated carbocycles. The predicted molar refractivity (Wildman–Crippen MR) is 117 cm³/mol. The van der Waals surface area contributed by atoms with Gasteiger partial charge in [-0.3, -0.25) is 28.0 Å². The van der Waals surface area contributed by atoms with Crippen LogP contribution in [0.3, 0.4) is 0 Å². The van der Waals surface area contributed by atoms with Gasteiger partial charge in [0.15, 0.2) is 12.5 Å². The average Bonchev–Trinajstić information content (AvgIpc) is 3.12. The minimum absolute atomic E-state index is 0. The number of hydrogen-bond donors (Lipinski definition) is 6. The molecule has 3 unspecified atom stereocenters. The van der Waals surface area contributed by atoms with E-state index in [0.29, 0.717) is 4.57 Å². The van der Waals surface area contributed by atoms with Crippen LogP contribution >= 0.6 is 15.6 Å². The molecule has 19 nitrogen and oxygen atoms in total. The Morgan fingerprint density at radius 1 is 0.951 bits per heavy atom. The number of H-pyrrole nitrogens is 1. The van der Waals surface area contributed by atoms with Gasteiger partial charge < -0.3 is 54.1 Å². The number of terminal acetylenes is 1. The van der Waals surface area contributed by atoms with Crippen molar-refractivity contribution in [1.82, 2.24) is 9.55 Å². The summed E-state index contributed by atoms with van der Waals surface area (Å²) in [5.74, 6) is 2.11. The fraction of sp³-hybridized carbons (Fsp3) is 0.667. The van der Waals surface area contributed by atoms with Crippen LogP contribution in [0.2, 0.25) is 0 Å². The summed E-state index contributed by atoms with van der Waals surface area (Å²) in [6.07, 6.45) is -10.6. The molecule has 11 atom stereocenters. The van der Waals surface area contributed by atoms with Gasteiger partial charge in [0.25, 0.3) is 21.2 Å². The molecule has 2 fully saturated rings. The molecule has 0 bridgehead atoms. The molecule has 0 radical (unpaired) electrons. The second-order valence-corrected chi connectivity index (χ2v) is 11.1. The van der Waals surface area contributed by atoms with Crippen LogP contribution < -0.4 is 80.2 Å². The van der Waals surface area contributed by atoms with E-state index in [4.69, 9.17) is 20.6 Å². The van der Waals surface area contributed by atoms with Gasteiger partial charge in [-0.1, -0.05) is 5.92 Å². The molecule has 1 aromatic heterocycles. The van der Waals surface area contributed by atoms with E-state index in [1.165, 1.54) is 0 Å². The van der Waals surface area contributed by atoms with Gasteiger partial charge in [-0.25, -0.2) is 9.11 Å². The maximum absolute atomic E-state index is 12.2. The van der Waals surface area contributed by atoms with Crippen LogP contribution in [-0.2, 0) is 36.7 Å². The zero-order chi connectivity index (χ0) is 29.1. The van der Waals surface area contributed by atoms with E-state index >= 15 is 0 Å². The Bertz CT molecular complexity index is 1260. The summed E-state index contributed by atoms with van der Waals surface area (Å²) in [5.41, 5.74) is -1.78. The zero-order valence-corrected chi connectivity index (χ0v) is 27.3. The summed E-state index contributed by atoms with van der Waals surface area (Å²) in [4.78, 5) is 49.3. The van der Waals surface area contributed by atoms with Crippen molar-refractivity contribution in [3.8, 4) is 12.3 Å². The molecule has 2 saturated heterocycles. The van der Waals surface area contributed by atoms with Gasteiger partial charge >= 0.3 is 64.8 Å². The molecular weight excluding hydrogens is 624 g/mol. The Hall–Kier alpha value is 0.180. The van der Waals surface area contributed by atoms with Gasteiger partial charge in [-0.05, 0) is 0 Å². The molecule has 0 spiro atoms. The number of phosphoric ester groups is 2. The quantitative estimate of drug-likeness (QED) is 0.0562. The summed E-state index contributed by atoms with van der Waals surface area (Å²) in [5, 5.41) is 50.1. The number of aliphatic hydroxyl groups is 5. The smallest absolute Gasteiger partial charge is 0.756 e. The maximum Gasteiger partial charge on any atom is 1.00 e. The third kappa shape index (κ3) is 10.4. The third-order valence-corrected chi connectivity index (χ3v) is 7.96. The van der Waals surface area contributed by atoms with Gasteiger partial charge in [-0.2, -0.15) is 0 Å². The Morgan fingerprint density at radius 3 is 2.17 bits per heavy atom. The maximum atomic E-state index is 12.2. The first kappa shape index (κ1) is 39.2. The topological polar surface area (TPSA) is 292 Å². The minimum atomic E-state index is -5.92. The van der Waals surface area contributed by atoms with Crippen LogP contribution in [0.25, 0.3) is 0 Å². The largest absolute Gasteiger partial charge is 1.00 e.